The monoisotopic (exact) mass is 348 g/mol. The van der Waals surface area contributed by atoms with Crippen molar-refractivity contribution in [1.82, 2.24) is 0 Å². The molecule has 0 aliphatic heterocycles. The summed E-state index contributed by atoms with van der Waals surface area (Å²) in [6.45, 7) is 0.170. The summed E-state index contributed by atoms with van der Waals surface area (Å²) < 4.78 is 5.12. The van der Waals surface area contributed by atoms with E-state index in [1.165, 1.54) is 12.1 Å². The summed E-state index contributed by atoms with van der Waals surface area (Å²) in [5, 5.41) is 10.4. The fourth-order valence-electron chi connectivity index (χ4n) is 2.65. The highest BCUT2D eigenvalue weighted by Crippen LogP contribution is 2.29. The number of rotatable bonds is 4. The second-order valence-electron chi connectivity index (χ2n) is 5.86. The van der Waals surface area contributed by atoms with Gasteiger partial charge in [0, 0.05) is 17.5 Å². The summed E-state index contributed by atoms with van der Waals surface area (Å²) in [4.78, 5) is 36.2. The van der Waals surface area contributed by atoms with E-state index in [0.29, 0.717) is 0 Å². The van der Waals surface area contributed by atoms with Gasteiger partial charge in [-0.3, -0.25) is 14.4 Å². The van der Waals surface area contributed by atoms with Crippen molar-refractivity contribution in [2.24, 2.45) is 0 Å². The minimum absolute atomic E-state index is 0.00520. The number of aliphatic hydroxyl groups is 1. The molecule has 2 aromatic rings. The molecule has 0 spiro atoms. The number of hydrogen-bond acceptors (Lipinski definition) is 5. The van der Waals surface area contributed by atoms with Crippen molar-refractivity contribution in [1.29, 1.82) is 0 Å². The molecule has 0 saturated heterocycles. The summed E-state index contributed by atoms with van der Waals surface area (Å²) in [5.74, 6) is 2.99. The smallest absolute Gasteiger partial charge is 0.307 e. The first-order valence-electron chi connectivity index (χ1n) is 8.13. The lowest BCUT2D eigenvalue weighted by atomic mass is 9.98. The Hall–Kier alpha value is -3.23. The Morgan fingerprint density at radius 1 is 0.962 bits per heavy atom. The number of ether oxygens (including phenoxy) is 1. The number of esters is 1. The largest absolute Gasteiger partial charge is 0.461 e. The van der Waals surface area contributed by atoms with Gasteiger partial charge in [0.05, 0.1) is 6.42 Å². The van der Waals surface area contributed by atoms with Crippen LogP contribution in [0.1, 0.15) is 39.1 Å². The summed E-state index contributed by atoms with van der Waals surface area (Å²) in [5.41, 5.74) is -1.16. The number of carbonyl (C=O) groups is 3. The van der Waals surface area contributed by atoms with Gasteiger partial charge in [0.25, 0.3) is 5.60 Å². The minimum Gasteiger partial charge on any atom is -0.461 e. The third-order valence-electron chi connectivity index (χ3n) is 4.04. The van der Waals surface area contributed by atoms with Crippen LogP contribution >= 0.6 is 0 Å². The van der Waals surface area contributed by atoms with Gasteiger partial charge in [0.2, 0.25) is 11.6 Å². The number of Topliss-reactive ketones (excluding diaryl/α,β-unsaturated/α-hetero) is 2. The van der Waals surface area contributed by atoms with Gasteiger partial charge in [-0.15, -0.1) is 0 Å². The highest BCUT2D eigenvalue weighted by molar-refractivity contribution is 6.33. The molecule has 0 saturated carbocycles. The standard InChI is InChI=1S/C21H16O5/c22-18(26-14-15-8-2-1-3-9-15)12-6-7-13-21(25)19(23)16-10-4-5-11-17(16)20(21)24/h1-5,8-11,25H,6,12,14H2. The molecule has 1 aliphatic carbocycles. The summed E-state index contributed by atoms with van der Waals surface area (Å²) in [6, 6.07) is 15.5. The first kappa shape index (κ1) is 17.6. The molecule has 0 bridgehead atoms. The zero-order valence-electron chi connectivity index (χ0n) is 13.9. The lowest BCUT2D eigenvalue weighted by Crippen LogP contribution is -2.39. The van der Waals surface area contributed by atoms with Crippen LogP contribution in [0.5, 0.6) is 0 Å². The van der Waals surface area contributed by atoms with Gasteiger partial charge in [-0.05, 0) is 5.56 Å². The van der Waals surface area contributed by atoms with Crippen LogP contribution in [0.3, 0.4) is 0 Å². The fourth-order valence-corrected chi connectivity index (χ4v) is 2.65. The maximum atomic E-state index is 12.3. The molecule has 2 aromatic carbocycles. The second kappa shape index (κ2) is 7.34. The molecule has 0 heterocycles. The number of fused-ring (bicyclic) bond motifs is 1. The number of ketones is 2. The van der Waals surface area contributed by atoms with Crippen molar-refractivity contribution in [2.45, 2.75) is 25.0 Å². The van der Waals surface area contributed by atoms with Gasteiger partial charge in [0.15, 0.2) is 0 Å². The Kier molecular flexibility index (Phi) is 4.97. The van der Waals surface area contributed by atoms with E-state index in [2.05, 4.69) is 11.8 Å². The number of carbonyl (C=O) groups excluding carboxylic acids is 3. The van der Waals surface area contributed by atoms with Crippen LogP contribution in [0.15, 0.2) is 54.6 Å². The maximum Gasteiger partial charge on any atom is 0.307 e. The molecule has 5 heteroatoms. The zero-order valence-corrected chi connectivity index (χ0v) is 13.9. The Morgan fingerprint density at radius 3 is 2.15 bits per heavy atom. The molecule has 0 aromatic heterocycles. The van der Waals surface area contributed by atoms with Gasteiger partial charge < -0.3 is 9.84 Å². The summed E-state index contributed by atoms with van der Waals surface area (Å²) in [7, 11) is 0. The van der Waals surface area contributed by atoms with E-state index in [0.717, 1.165) is 5.56 Å². The van der Waals surface area contributed by atoms with Gasteiger partial charge in [-0.25, -0.2) is 0 Å². The summed E-state index contributed by atoms with van der Waals surface area (Å²) >= 11 is 0. The van der Waals surface area contributed by atoms with E-state index in [4.69, 9.17) is 4.74 Å². The molecule has 0 fully saturated rings. The molecule has 130 valence electrons. The molecular weight excluding hydrogens is 332 g/mol. The average molecular weight is 348 g/mol. The molecule has 0 atom stereocenters. The van der Waals surface area contributed by atoms with E-state index in [-0.39, 0.29) is 30.6 Å². The molecule has 0 radical (unpaired) electrons. The Bertz CT molecular complexity index is 883. The van der Waals surface area contributed by atoms with Crippen LogP contribution in [-0.4, -0.2) is 28.2 Å². The van der Waals surface area contributed by atoms with Gasteiger partial charge in [-0.1, -0.05) is 66.4 Å². The van der Waals surface area contributed by atoms with E-state index in [1.807, 2.05) is 30.3 Å². The van der Waals surface area contributed by atoms with Crippen LogP contribution in [0.4, 0.5) is 0 Å². The highest BCUT2D eigenvalue weighted by atomic mass is 16.5. The molecule has 3 rings (SSSR count). The Labute approximate surface area is 150 Å². The lowest BCUT2D eigenvalue weighted by Gasteiger charge is -2.10. The number of hydrogen-bond donors (Lipinski definition) is 1. The number of benzene rings is 2. The topological polar surface area (TPSA) is 80.7 Å². The first-order valence-corrected chi connectivity index (χ1v) is 8.13. The van der Waals surface area contributed by atoms with Crippen LogP contribution in [0.25, 0.3) is 0 Å². The van der Waals surface area contributed by atoms with E-state index in [1.54, 1.807) is 12.1 Å². The van der Waals surface area contributed by atoms with Crippen molar-refractivity contribution in [3.05, 3.63) is 71.3 Å². The van der Waals surface area contributed by atoms with Crippen LogP contribution in [0.2, 0.25) is 0 Å². The van der Waals surface area contributed by atoms with E-state index in [9.17, 15) is 19.5 Å². The van der Waals surface area contributed by atoms with Crippen LogP contribution < -0.4 is 0 Å². The predicted molar refractivity (Wildman–Crippen MR) is 93.3 cm³/mol. The molecule has 1 aliphatic rings. The third-order valence-corrected chi connectivity index (χ3v) is 4.04. The fraction of sp³-hybridized carbons (Fsp3) is 0.190. The van der Waals surface area contributed by atoms with Crippen molar-refractivity contribution >= 4 is 17.5 Å². The molecule has 0 amide bonds. The SMILES string of the molecule is O=C(CCC#CC1(O)C(=O)c2ccccc2C1=O)OCc1ccccc1. The average Bonchev–Trinajstić information content (AvgIpc) is 2.87. The molecule has 1 N–H and O–H groups in total. The molecular formula is C21H16O5. The van der Waals surface area contributed by atoms with Crippen molar-refractivity contribution in [3.63, 3.8) is 0 Å². The molecule has 5 nitrogen and oxygen atoms in total. The quantitative estimate of drug-likeness (QED) is 0.521. The Morgan fingerprint density at radius 2 is 1.54 bits per heavy atom. The first-order chi connectivity index (χ1) is 12.5. The van der Waals surface area contributed by atoms with Gasteiger partial charge in [0.1, 0.15) is 6.61 Å². The normalized spacial score (nSPS) is 14.3. The van der Waals surface area contributed by atoms with Crippen LogP contribution in [-0.2, 0) is 16.1 Å². The van der Waals surface area contributed by atoms with Crippen molar-refractivity contribution in [3.8, 4) is 11.8 Å². The summed E-state index contributed by atoms with van der Waals surface area (Å²) in [6.07, 6.45) is 0.0814. The van der Waals surface area contributed by atoms with Crippen molar-refractivity contribution < 1.29 is 24.2 Å². The third kappa shape index (κ3) is 3.41. The zero-order chi connectivity index (χ0) is 18.6. The Balaban J connectivity index is 1.56. The van der Waals surface area contributed by atoms with Crippen molar-refractivity contribution in [2.75, 3.05) is 0 Å². The maximum absolute atomic E-state index is 12.3. The second-order valence-corrected chi connectivity index (χ2v) is 5.86. The lowest BCUT2D eigenvalue weighted by molar-refractivity contribution is -0.144. The van der Waals surface area contributed by atoms with E-state index >= 15 is 0 Å². The predicted octanol–water partition coefficient (Wildman–Crippen LogP) is 2.32. The van der Waals surface area contributed by atoms with E-state index < -0.39 is 23.1 Å². The van der Waals surface area contributed by atoms with Gasteiger partial charge >= 0.3 is 5.97 Å². The molecule has 0 unspecified atom stereocenters. The highest BCUT2D eigenvalue weighted by Gasteiger charge is 2.50. The minimum atomic E-state index is -2.36. The van der Waals surface area contributed by atoms with Crippen LogP contribution in [0, 0.1) is 11.8 Å². The molecule has 26 heavy (non-hydrogen) atoms. The van der Waals surface area contributed by atoms with Gasteiger partial charge in [-0.2, -0.15) is 0 Å².